The number of anilines is 1. The van der Waals surface area contributed by atoms with Crippen molar-refractivity contribution >= 4 is 81.3 Å². The molecule has 0 spiro atoms. The molecule has 15 nitrogen and oxygen atoms in total. The zero-order chi connectivity index (χ0) is 62.1. The number of rotatable bonds is 21. The Labute approximate surface area is 537 Å². The third-order valence-corrected chi connectivity index (χ3v) is 20.1. The van der Waals surface area contributed by atoms with E-state index in [9.17, 15) is 4.79 Å². The van der Waals surface area contributed by atoms with Gasteiger partial charge in [-0.05, 0) is 48.6 Å². The summed E-state index contributed by atoms with van der Waals surface area (Å²) in [5.41, 5.74) is 3.03. The highest BCUT2D eigenvalue weighted by Gasteiger charge is 2.56. The summed E-state index contributed by atoms with van der Waals surface area (Å²) in [7, 11) is 0. The normalized spacial score (nSPS) is 15.5. The third kappa shape index (κ3) is 12.7. The van der Waals surface area contributed by atoms with E-state index in [0.29, 0.717) is 26.8 Å². The summed E-state index contributed by atoms with van der Waals surface area (Å²) >= 11 is 5.33. The lowest BCUT2D eigenvalue weighted by atomic mass is 9.70. The zero-order valence-electron chi connectivity index (χ0n) is 49.0. The number of H-pyrrole nitrogens is 1. The van der Waals surface area contributed by atoms with E-state index in [1.165, 1.54) is 46.5 Å². The predicted molar refractivity (Wildman–Crippen MR) is 354 cm³/mol. The van der Waals surface area contributed by atoms with Gasteiger partial charge >= 0.3 is 12.1 Å². The Morgan fingerprint density at radius 3 is 1.57 bits per heavy atom. The number of oxime groups is 1. The number of aromatic nitrogens is 4. The number of benzene rings is 8. The number of aromatic amines is 1. The van der Waals surface area contributed by atoms with Crippen LogP contribution in [0.25, 0.3) is 0 Å². The first kappa shape index (κ1) is 60.7. The molecule has 3 amide bonds. The predicted octanol–water partition coefficient (Wildman–Crippen LogP) is 14.2. The molecular weight excluding hydrogens is 1210 g/mol. The van der Waals surface area contributed by atoms with Crippen LogP contribution >= 0.6 is 46.6 Å². The topological polar surface area (TPSA) is 190 Å². The number of nitrogens with zero attached hydrogens (tertiary/aromatic N) is 5. The number of hydrogen-bond acceptors (Lipinski definition) is 15. The molecule has 12 rings (SSSR count). The summed E-state index contributed by atoms with van der Waals surface area (Å²) in [6, 6.07) is 77.1. The van der Waals surface area contributed by atoms with Crippen molar-refractivity contribution in [2.24, 2.45) is 5.16 Å². The number of fused-ring (bicyclic) bond motifs is 1. The first-order chi connectivity index (χ1) is 43.9. The maximum atomic E-state index is 15.9. The number of carbonyl (C=O) groups is 4. The Bertz CT molecular complexity index is 3920. The minimum absolute atomic E-state index is 0.0349. The zero-order valence-corrected chi connectivity index (χ0v) is 52.3. The molecule has 0 aliphatic carbocycles. The minimum atomic E-state index is -1.43. The molecule has 0 bridgehead atoms. The minimum Gasteiger partial charge on any atom is -0.448 e. The van der Waals surface area contributed by atoms with E-state index in [0.717, 1.165) is 39.2 Å². The number of carbonyl (C=O) groups excluding carboxylic acids is 4. The van der Waals surface area contributed by atoms with Gasteiger partial charge < -0.3 is 19.6 Å². The lowest BCUT2D eigenvalue weighted by molar-refractivity contribution is -0.154. The van der Waals surface area contributed by atoms with Crippen LogP contribution in [0, 0.1) is 0 Å². The van der Waals surface area contributed by atoms with Gasteiger partial charge in [0.2, 0.25) is 10.8 Å². The highest BCUT2D eigenvalue weighted by Crippen LogP contribution is 2.56. The van der Waals surface area contributed by atoms with Crippen LogP contribution in [0.1, 0.15) is 77.1 Å². The van der Waals surface area contributed by atoms with Gasteiger partial charge in [-0.15, -0.1) is 40.0 Å². The van der Waals surface area contributed by atoms with Gasteiger partial charge in [-0.3, -0.25) is 24.9 Å². The monoisotopic (exact) mass is 1260 g/mol. The van der Waals surface area contributed by atoms with Crippen molar-refractivity contribution in [3.8, 4) is 0 Å². The molecule has 10 aromatic rings. The molecule has 4 heterocycles. The molecule has 1 unspecified atom stereocenters. The molecule has 8 aromatic carbocycles. The molecular formula is C71H60N8O7S4. The summed E-state index contributed by atoms with van der Waals surface area (Å²) in [5, 5.41) is 19.3. The van der Waals surface area contributed by atoms with E-state index < -0.39 is 62.6 Å². The van der Waals surface area contributed by atoms with E-state index in [-0.39, 0.29) is 28.0 Å². The van der Waals surface area contributed by atoms with Crippen molar-refractivity contribution in [2.45, 2.75) is 64.6 Å². The van der Waals surface area contributed by atoms with Gasteiger partial charge in [-0.2, -0.15) is 0 Å². The average Bonchev–Trinajstić information content (AvgIpc) is 0.786. The second-order valence-electron chi connectivity index (χ2n) is 22.0. The molecule has 450 valence electrons. The van der Waals surface area contributed by atoms with Crippen LogP contribution in [0.15, 0.2) is 275 Å². The van der Waals surface area contributed by atoms with E-state index in [4.69, 9.17) is 19.5 Å². The van der Waals surface area contributed by atoms with Crippen molar-refractivity contribution in [3.63, 3.8) is 0 Å². The van der Waals surface area contributed by atoms with Crippen LogP contribution in [-0.4, -0.2) is 82.0 Å². The number of amides is 3. The van der Waals surface area contributed by atoms with Crippen LogP contribution in [0.5, 0.6) is 0 Å². The number of hydrogen-bond donors (Lipinski definition) is 3. The molecule has 2 aromatic heterocycles. The smallest absolute Gasteiger partial charge is 0.413 e. The van der Waals surface area contributed by atoms with Crippen molar-refractivity contribution < 1.29 is 33.5 Å². The molecule has 0 radical (unpaired) electrons. The summed E-state index contributed by atoms with van der Waals surface area (Å²) in [6.07, 6.45) is -0.0952. The van der Waals surface area contributed by atoms with E-state index >= 15 is 14.4 Å². The Morgan fingerprint density at radius 2 is 1.11 bits per heavy atom. The summed E-state index contributed by atoms with van der Waals surface area (Å²) in [5.74, 6) is -1.92. The van der Waals surface area contributed by atoms with Crippen molar-refractivity contribution in [1.82, 2.24) is 30.4 Å². The van der Waals surface area contributed by atoms with Crippen LogP contribution in [0.4, 0.5) is 9.93 Å². The first-order valence-electron chi connectivity index (χ1n) is 28.9. The molecule has 3 atom stereocenters. The fraction of sp³-hybridized carbons (Fsp3) is 0.155. The van der Waals surface area contributed by atoms with Crippen LogP contribution in [0.3, 0.4) is 0 Å². The van der Waals surface area contributed by atoms with E-state index in [1.807, 2.05) is 206 Å². The first-order valence-corrected chi connectivity index (χ1v) is 32.6. The Morgan fingerprint density at radius 1 is 0.644 bits per heavy atom. The number of β-lactam (4-membered cyclic amide) rings is 1. The van der Waals surface area contributed by atoms with Gasteiger partial charge in [0.1, 0.15) is 34.7 Å². The lowest BCUT2D eigenvalue weighted by Gasteiger charge is -2.50. The second-order valence-corrected chi connectivity index (χ2v) is 26.5. The fourth-order valence-electron chi connectivity index (χ4n) is 11.1. The van der Waals surface area contributed by atoms with Crippen molar-refractivity contribution in [3.05, 3.63) is 315 Å². The van der Waals surface area contributed by atoms with Crippen LogP contribution < -0.4 is 10.6 Å². The fourth-order valence-corrected chi connectivity index (χ4v) is 16.4. The van der Waals surface area contributed by atoms with E-state index in [2.05, 4.69) is 67.2 Å². The van der Waals surface area contributed by atoms with Crippen molar-refractivity contribution in [2.75, 3.05) is 11.1 Å². The molecule has 2 aliphatic heterocycles. The average molecular weight is 1270 g/mol. The molecule has 0 saturated carbocycles. The van der Waals surface area contributed by atoms with Gasteiger partial charge in [0.15, 0.2) is 16.9 Å². The van der Waals surface area contributed by atoms with Gasteiger partial charge in [-0.1, -0.05) is 260 Å². The van der Waals surface area contributed by atoms with Gasteiger partial charge in [0, 0.05) is 32.7 Å². The largest absolute Gasteiger partial charge is 0.448 e. The van der Waals surface area contributed by atoms with E-state index in [1.54, 1.807) is 26.2 Å². The Hall–Kier alpha value is -9.53. The molecule has 3 N–H and O–H groups in total. The number of ether oxygens (including phenoxy) is 2. The van der Waals surface area contributed by atoms with Crippen LogP contribution in [-0.2, 0) is 39.7 Å². The van der Waals surface area contributed by atoms with Gasteiger partial charge in [0.05, 0.1) is 10.00 Å². The molecule has 90 heavy (non-hydrogen) atoms. The third-order valence-electron chi connectivity index (χ3n) is 15.1. The SMILES string of the molecule is CC(C)(C)OC(=O)Nc1nc(/C(=N/OC(c2ccccc2)(c2ccccc2)c2ccccc2)C(=O)N[C@@H]2C(=O)N3C(C(=O)OC(c4ccccc4)c4ccccc4)=C(SC(Sc4nc[nH]n4)C(c4ccccc4)(c4ccccc4)c4ccccc4)CS[C@H]23)cs1. The van der Waals surface area contributed by atoms with Gasteiger partial charge in [0.25, 0.3) is 11.8 Å². The summed E-state index contributed by atoms with van der Waals surface area (Å²) in [6.45, 7) is 5.24. The number of nitrogens with one attached hydrogen (secondary N) is 3. The Kier molecular flexibility index (Phi) is 18.3. The maximum absolute atomic E-state index is 15.9. The Balaban J connectivity index is 0.967. The number of thioether (sulfide) groups is 3. The molecule has 2 aliphatic rings. The molecule has 1 fully saturated rings. The summed E-state index contributed by atoms with van der Waals surface area (Å²) in [4.78, 5) is 78.3. The highest BCUT2D eigenvalue weighted by molar-refractivity contribution is 8.19. The van der Waals surface area contributed by atoms with Gasteiger partial charge in [-0.25, -0.2) is 19.6 Å². The quantitative estimate of drug-likeness (QED) is 0.0117. The molecule has 19 heteroatoms. The molecule has 1 saturated heterocycles. The maximum Gasteiger partial charge on any atom is 0.413 e. The summed E-state index contributed by atoms with van der Waals surface area (Å²) < 4.78 is 11.7. The number of esters is 1. The lowest BCUT2D eigenvalue weighted by Crippen LogP contribution is -2.71. The highest BCUT2D eigenvalue weighted by atomic mass is 32.2. The van der Waals surface area contributed by atoms with Crippen LogP contribution in [0.2, 0.25) is 0 Å². The standard InChI is InChI=1S/C71H60N8O7S4/c1-69(2,3)85-68(83)76-67-74-55(44-88-67)57(78-86-71(52-38-22-9-23-39-52,53-40-24-10-25-41-53)54-42-26-11-27-43-54)61(80)75-58-62(81)79-59(64(82)84-60(47-28-12-4-13-29-47)48-30-14-5-15-31-48)56(45-87-63(58)79)89-65(90-66-72-46-73-77-66)70(49-32-16-6-17-33-49,50-34-18-7-19-35-50)51-36-20-8-21-37-51/h4-44,46,58,60,63,65H,45H2,1-3H3,(H,75,80)(H,72,73,77)(H,74,76,83)/b78-57-/t58-,63-,65?/m1/s1. The second kappa shape index (κ2) is 27.1. The van der Waals surface area contributed by atoms with Crippen molar-refractivity contribution in [1.29, 1.82) is 0 Å². The number of thiazole rings is 1.